The number of carboxylic acids is 1. The van der Waals surface area contributed by atoms with Crippen molar-refractivity contribution >= 4 is 5.97 Å². The fourth-order valence-electron chi connectivity index (χ4n) is 3.47. The van der Waals surface area contributed by atoms with Crippen molar-refractivity contribution in [3.63, 3.8) is 0 Å². The van der Waals surface area contributed by atoms with Crippen molar-refractivity contribution in [2.75, 3.05) is 19.7 Å². The molecule has 20 heavy (non-hydrogen) atoms. The summed E-state index contributed by atoms with van der Waals surface area (Å²) in [5.41, 5.74) is 0.782. The molecule has 0 saturated heterocycles. The van der Waals surface area contributed by atoms with Crippen LogP contribution in [0.25, 0.3) is 0 Å². The molecule has 2 aliphatic rings. The third-order valence-corrected chi connectivity index (χ3v) is 4.41. The van der Waals surface area contributed by atoms with Gasteiger partial charge in [-0.1, -0.05) is 25.1 Å². The van der Waals surface area contributed by atoms with Gasteiger partial charge in [0, 0.05) is 18.7 Å². The molecule has 4 heteroatoms. The number of fused-ring (bicyclic) bond motifs is 1. The molecule has 1 heterocycles. The maximum Gasteiger partial charge on any atom is 0.325 e. The first-order valence-corrected chi connectivity index (χ1v) is 7.33. The van der Waals surface area contributed by atoms with Crippen LogP contribution in [0.1, 0.15) is 31.4 Å². The molecule has 1 aliphatic carbocycles. The summed E-state index contributed by atoms with van der Waals surface area (Å²) in [6.07, 6.45) is 2.43. The Labute approximate surface area is 119 Å². The normalized spacial score (nSPS) is 29.8. The summed E-state index contributed by atoms with van der Waals surface area (Å²) >= 11 is 0. The van der Waals surface area contributed by atoms with Crippen LogP contribution in [-0.4, -0.2) is 35.7 Å². The molecule has 1 saturated carbocycles. The lowest BCUT2D eigenvalue weighted by molar-refractivity contribution is -0.144. The van der Waals surface area contributed by atoms with Gasteiger partial charge in [-0.2, -0.15) is 0 Å². The highest BCUT2D eigenvalue weighted by atomic mass is 16.5. The van der Waals surface area contributed by atoms with Gasteiger partial charge in [0.15, 0.2) is 0 Å². The number of benzene rings is 1. The molecule has 1 aromatic rings. The van der Waals surface area contributed by atoms with Crippen LogP contribution in [0.2, 0.25) is 0 Å². The van der Waals surface area contributed by atoms with Gasteiger partial charge in [-0.3, -0.25) is 9.69 Å². The monoisotopic (exact) mass is 275 g/mol. The van der Waals surface area contributed by atoms with Gasteiger partial charge in [0.25, 0.3) is 0 Å². The number of hydrogen-bond donors (Lipinski definition) is 1. The van der Waals surface area contributed by atoms with Crippen LogP contribution >= 0.6 is 0 Å². The molecule has 3 rings (SSSR count). The molecule has 0 amide bonds. The summed E-state index contributed by atoms with van der Waals surface area (Å²) in [5, 5.41) is 9.64. The van der Waals surface area contributed by atoms with Crippen LogP contribution in [0.3, 0.4) is 0 Å². The van der Waals surface area contributed by atoms with Crippen molar-refractivity contribution in [1.82, 2.24) is 4.90 Å². The summed E-state index contributed by atoms with van der Waals surface area (Å²) < 4.78 is 5.71. The molecule has 1 atom stereocenters. The van der Waals surface area contributed by atoms with E-state index in [1.165, 1.54) is 12.8 Å². The molecule has 1 fully saturated rings. The van der Waals surface area contributed by atoms with Gasteiger partial charge >= 0.3 is 5.97 Å². The molecule has 0 aromatic heterocycles. The maximum atomic E-state index is 11.7. The zero-order chi connectivity index (χ0) is 14.1. The standard InChI is InChI=1S/C16H21NO3/c1-11-8-12(9-11)10-17-6-7-20-14-5-3-2-4-13(14)15(17)16(18)19/h2-5,11-12,15H,6-10H2,1H3,(H,18,19). The fraction of sp³-hybridized carbons (Fsp3) is 0.562. The third kappa shape index (κ3) is 2.52. The number of para-hydroxylation sites is 1. The van der Waals surface area contributed by atoms with E-state index in [4.69, 9.17) is 4.74 Å². The van der Waals surface area contributed by atoms with E-state index >= 15 is 0 Å². The van der Waals surface area contributed by atoms with Gasteiger partial charge in [0.1, 0.15) is 18.4 Å². The molecule has 1 N–H and O–H groups in total. The maximum absolute atomic E-state index is 11.7. The van der Waals surface area contributed by atoms with E-state index in [0.717, 1.165) is 18.0 Å². The fourth-order valence-corrected chi connectivity index (χ4v) is 3.47. The van der Waals surface area contributed by atoms with Crippen molar-refractivity contribution < 1.29 is 14.6 Å². The zero-order valence-electron chi connectivity index (χ0n) is 11.8. The molecule has 108 valence electrons. The number of ether oxygens (including phenoxy) is 1. The van der Waals surface area contributed by atoms with Gasteiger partial charge in [-0.15, -0.1) is 0 Å². The van der Waals surface area contributed by atoms with Gasteiger partial charge in [-0.05, 0) is 30.7 Å². The first-order chi connectivity index (χ1) is 9.65. The SMILES string of the molecule is CC1CC(CN2CCOc3ccccc3C2C(=O)O)C1. The second kappa shape index (κ2) is 5.44. The average Bonchev–Trinajstić information content (AvgIpc) is 2.55. The number of hydrogen-bond acceptors (Lipinski definition) is 3. The number of carboxylic acid groups (broad SMARTS) is 1. The molecule has 0 spiro atoms. The zero-order valence-corrected chi connectivity index (χ0v) is 11.8. The highest BCUT2D eigenvalue weighted by Crippen LogP contribution is 2.37. The van der Waals surface area contributed by atoms with Crippen LogP contribution in [0, 0.1) is 11.8 Å². The first kappa shape index (κ1) is 13.4. The Balaban J connectivity index is 1.84. The lowest BCUT2D eigenvalue weighted by Gasteiger charge is -2.38. The second-order valence-corrected chi connectivity index (χ2v) is 6.06. The van der Waals surface area contributed by atoms with E-state index in [1.54, 1.807) is 0 Å². The number of aliphatic carboxylic acids is 1. The quantitative estimate of drug-likeness (QED) is 0.921. The Kier molecular flexibility index (Phi) is 3.66. The van der Waals surface area contributed by atoms with E-state index in [0.29, 0.717) is 24.8 Å². The molecule has 4 nitrogen and oxygen atoms in total. The Morgan fingerprint density at radius 1 is 1.40 bits per heavy atom. The molecular weight excluding hydrogens is 254 g/mol. The van der Waals surface area contributed by atoms with Gasteiger partial charge in [-0.25, -0.2) is 0 Å². The molecular formula is C16H21NO3. The number of rotatable bonds is 3. The van der Waals surface area contributed by atoms with Gasteiger partial charge in [0.05, 0.1) is 0 Å². The smallest absolute Gasteiger partial charge is 0.325 e. The average molecular weight is 275 g/mol. The van der Waals surface area contributed by atoms with E-state index in [9.17, 15) is 9.90 Å². The van der Waals surface area contributed by atoms with E-state index in [1.807, 2.05) is 24.3 Å². The topological polar surface area (TPSA) is 49.8 Å². The van der Waals surface area contributed by atoms with Crippen molar-refractivity contribution in [3.8, 4) is 5.75 Å². The third-order valence-electron chi connectivity index (χ3n) is 4.41. The highest BCUT2D eigenvalue weighted by Gasteiger charge is 2.35. The van der Waals surface area contributed by atoms with Crippen molar-refractivity contribution in [1.29, 1.82) is 0 Å². The molecule has 0 radical (unpaired) electrons. The summed E-state index contributed by atoms with van der Waals surface area (Å²) in [6.45, 7) is 4.35. The first-order valence-electron chi connectivity index (χ1n) is 7.33. The van der Waals surface area contributed by atoms with Crippen LogP contribution in [0.15, 0.2) is 24.3 Å². The Bertz CT molecular complexity index is 496. The second-order valence-electron chi connectivity index (χ2n) is 6.06. The Hall–Kier alpha value is -1.55. The van der Waals surface area contributed by atoms with Gasteiger partial charge < -0.3 is 9.84 Å². The summed E-state index contributed by atoms with van der Waals surface area (Å²) in [6, 6.07) is 6.92. The van der Waals surface area contributed by atoms with E-state index in [2.05, 4.69) is 11.8 Å². The van der Waals surface area contributed by atoms with E-state index in [-0.39, 0.29) is 0 Å². The lowest BCUT2D eigenvalue weighted by atomic mass is 9.75. The summed E-state index contributed by atoms with van der Waals surface area (Å²) in [5.74, 6) is 1.36. The van der Waals surface area contributed by atoms with Crippen LogP contribution < -0.4 is 4.74 Å². The molecule has 1 aliphatic heterocycles. The van der Waals surface area contributed by atoms with Crippen LogP contribution in [0.5, 0.6) is 5.75 Å². The van der Waals surface area contributed by atoms with Crippen molar-refractivity contribution in [2.24, 2.45) is 11.8 Å². The molecule has 1 unspecified atom stereocenters. The minimum atomic E-state index is -0.782. The van der Waals surface area contributed by atoms with Crippen molar-refractivity contribution in [2.45, 2.75) is 25.8 Å². The Morgan fingerprint density at radius 2 is 2.15 bits per heavy atom. The minimum Gasteiger partial charge on any atom is -0.492 e. The lowest BCUT2D eigenvalue weighted by Crippen LogP contribution is -2.41. The van der Waals surface area contributed by atoms with Gasteiger partial charge in [0.2, 0.25) is 0 Å². The largest absolute Gasteiger partial charge is 0.492 e. The van der Waals surface area contributed by atoms with Crippen LogP contribution in [0.4, 0.5) is 0 Å². The number of carbonyl (C=O) groups is 1. The summed E-state index contributed by atoms with van der Waals surface area (Å²) in [7, 11) is 0. The highest BCUT2D eigenvalue weighted by molar-refractivity contribution is 5.76. The molecule has 1 aromatic carbocycles. The number of nitrogens with zero attached hydrogens (tertiary/aromatic N) is 1. The van der Waals surface area contributed by atoms with E-state index < -0.39 is 12.0 Å². The van der Waals surface area contributed by atoms with Crippen molar-refractivity contribution in [3.05, 3.63) is 29.8 Å². The van der Waals surface area contributed by atoms with Crippen LogP contribution in [-0.2, 0) is 4.79 Å². The predicted octanol–water partition coefficient (Wildman–Crippen LogP) is 2.55. The molecule has 0 bridgehead atoms. The predicted molar refractivity (Wildman–Crippen MR) is 75.8 cm³/mol. The Morgan fingerprint density at radius 3 is 2.85 bits per heavy atom. The summed E-state index contributed by atoms with van der Waals surface area (Å²) in [4.78, 5) is 13.8. The minimum absolute atomic E-state index is 0.559.